The minimum Gasteiger partial charge on any atom is -0.459 e. The monoisotopic (exact) mass is 1730 g/mol. The zero-order chi connectivity index (χ0) is 89.2. The Bertz CT molecular complexity index is 4410. The summed E-state index contributed by atoms with van der Waals surface area (Å²) in [5.41, 5.74) is 24.2. The number of aliphatic hydroxyl groups is 2. The van der Waals surface area contributed by atoms with Crippen LogP contribution in [0.1, 0.15) is 169 Å². The molecule has 0 spiro atoms. The first kappa shape index (κ1) is 98.6. The van der Waals surface area contributed by atoms with Crippen LogP contribution in [-0.4, -0.2) is 270 Å². The van der Waals surface area contributed by atoms with E-state index in [9.17, 15) is 48.6 Å². The number of amides is 4. The first-order valence-electron chi connectivity index (χ1n) is 43.7. The molecule has 3 fully saturated rings. The van der Waals surface area contributed by atoms with Gasteiger partial charge in [0.1, 0.15) is 53.5 Å². The summed E-state index contributed by atoms with van der Waals surface area (Å²) in [6.45, 7) is 15.2. The minimum atomic E-state index is -2.50. The number of aromatic nitrogens is 8. The molecule has 36 heteroatoms. The number of hydrogen-bond donors (Lipinski definition) is 8. The molecular formula is C88H131N15O21. The summed E-state index contributed by atoms with van der Waals surface area (Å²) >= 11 is 0. The second kappa shape index (κ2) is 50.2. The second-order valence-electron chi connectivity index (χ2n) is 32.9. The molecule has 36 nitrogen and oxygen atoms in total. The number of piperidine rings is 1. The maximum absolute atomic E-state index is 14.8. The van der Waals surface area contributed by atoms with Crippen molar-refractivity contribution < 1.29 is 100 Å². The van der Waals surface area contributed by atoms with Crippen LogP contribution >= 0.6 is 0 Å². The minimum absolute atomic E-state index is 0.0183. The lowest BCUT2D eigenvalue weighted by Gasteiger charge is -2.42. The smallest absolute Gasteiger partial charge is 0.329 e. The Morgan fingerprint density at radius 3 is 2.11 bits per heavy atom. The van der Waals surface area contributed by atoms with Gasteiger partial charge in [0.25, 0.3) is 17.7 Å². The van der Waals surface area contributed by atoms with Crippen LogP contribution < -0.4 is 33.2 Å². The van der Waals surface area contributed by atoms with Crippen molar-refractivity contribution in [1.82, 2.24) is 60.6 Å². The number of fused-ring (bicyclic) bond motifs is 5. The van der Waals surface area contributed by atoms with Crippen molar-refractivity contribution in [3.63, 3.8) is 0 Å². The first-order valence-corrected chi connectivity index (χ1v) is 43.7. The largest absolute Gasteiger partial charge is 0.459 e. The molecule has 7 heterocycles. The number of Topliss-reactive ketones (excluding diaryl/α,β-unsaturated/α-hetero) is 3. The summed E-state index contributed by atoms with van der Waals surface area (Å²) in [6.07, 6.45) is 16.6. The number of unbranched alkanes of at least 4 members (excludes halogenated alkanes) is 1. The number of anilines is 2. The van der Waals surface area contributed by atoms with Crippen molar-refractivity contribution in [1.29, 1.82) is 0 Å². The molecule has 2 bridgehead atoms. The van der Waals surface area contributed by atoms with Crippen LogP contribution in [0.2, 0.25) is 0 Å². The summed E-state index contributed by atoms with van der Waals surface area (Å²) < 4.78 is 67.0. The van der Waals surface area contributed by atoms with Crippen molar-refractivity contribution >= 4 is 80.9 Å². The van der Waals surface area contributed by atoms with E-state index in [1.807, 2.05) is 62.6 Å². The number of nitrogens with one attached hydrogen (secondary N) is 3. The number of rotatable bonds is 38. The van der Waals surface area contributed by atoms with Gasteiger partial charge in [-0.2, -0.15) is 10.1 Å². The third-order valence-electron chi connectivity index (χ3n) is 23.5. The third kappa shape index (κ3) is 29.2. The number of esters is 1. The van der Waals surface area contributed by atoms with Gasteiger partial charge in [-0.05, 0) is 145 Å². The Morgan fingerprint density at radius 1 is 0.734 bits per heavy atom. The molecule has 9 rings (SSSR count). The maximum Gasteiger partial charge on any atom is 0.329 e. The van der Waals surface area contributed by atoms with Gasteiger partial charge in [-0.25, -0.2) is 24.1 Å². The van der Waals surface area contributed by atoms with Gasteiger partial charge in [-0.15, -0.1) is 5.10 Å². The molecule has 1 aliphatic carbocycles. The molecule has 4 aromatic heterocycles. The van der Waals surface area contributed by atoms with Crippen LogP contribution in [0.25, 0.3) is 33.4 Å². The van der Waals surface area contributed by atoms with Gasteiger partial charge in [-0.1, -0.05) is 69.4 Å². The van der Waals surface area contributed by atoms with Crippen LogP contribution in [-0.2, 0) is 98.7 Å². The second-order valence-corrected chi connectivity index (χ2v) is 32.9. The Labute approximate surface area is 724 Å². The molecule has 11 N–H and O–H groups in total. The van der Waals surface area contributed by atoms with Crippen molar-refractivity contribution in [3.05, 3.63) is 84.0 Å². The van der Waals surface area contributed by atoms with E-state index in [1.165, 1.54) is 13.4 Å². The average molecular weight is 1740 g/mol. The van der Waals surface area contributed by atoms with E-state index in [2.05, 4.69) is 41.2 Å². The van der Waals surface area contributed by atoms with Crippen molar-refractivity contribution in [2.75, 3.05) is 125 Å². The predicted octanol–water partition coefficient (Wildman–Crippen LogP) is 6.47. The van der Waals surface area contributed by atoms with Crippen LogP contribution in [0.3, 0.4) is 0 Å². The SMILES string of the molecule is CO[C@H]1C[C@@H]2CC[C@@H](C)[C@@](O)(O2)C(=O)C(=O)N2CCCC[C@H]2C(=O)O[C@H]([C@H](N)C[C@@H]2CC[C@H](n3cc(CCCC(=O)NCCOCCOCCOCCC(=O)NCCOCCOCCC(=O)NCCCCn4nc(-c5ccc6oc(N)nc6c5)c5c(N)ncnc54)nn3)[C@H](OC)C2)CC(=O)[C@H](C)/C=C(\C)[C@@H](O)[C@@H](OC)C(=O)[C@H](C)C[C@H](C)/C=C/C=C/C=C/1C. The van der Waals surface area contributed by atoms with E-state index in [0.29, 0.717) is 201 Å². The molecule has 4 amide bonds. The lowest BCUT2D eigenvalue weighted by Crippen LogP contribution is -2.61. The molecule has 3 aliphatic heterocycles. The quantitative estimate of drug-likeness (QED) is 0.00908. The van der Waals surface area contributed by atoms with Gasteiger partial charge < -0.3 is 100 Å². The van der Waals surface area contributed by atoms with E-state index in [1.54, 1.807) is 63.4 Å². The van der Waals surface area contributed by atoms with E-state index < -0.39 is 83.8 Å². The van der Waals surface area contributed by atoms with Crippen molar-refractivity contribution in [3.8, 4) is 11.3 Å². The summed E-state index contributed by atoms with van der Waals surface area (Å²) in [4.78, 5) is 124. The molecule has 15 atom stereocenters. The van der Waals surface area contributed by atoms with Crippen LogP contribution in [0.5, 0.6) is 0 Å². The van der Waals surface area contributed by atoms with Crippen LogP contribution in [0, 0.1) is 29.6 Å². The topological polar surface area (TPSA) is 487 Å². The number of nitrogens with zero attached hydrogens (tertiary/aromatic N) is 9. The molecule has 2 saturated heterocycles. The highest BCUT2D eigenvalue weighted by atomic mass is 16.6. The summed E-state index contributed by atoms with van der Waals surface area (Å²) in [6, 6.07) is 3.18. The lowest BCUT2D eigenvalue weighted by atomic mass is 9.79. The third-order valence-corrected chi connectivity index (χ3v) is 23.5. The number of oxazole rings is 1. The van der Waals surface area contributed by atoms with Crippen LogP contribution in [0.4, 0.5) is 11.8 Å². The standard InChI is InChI=1S/C88H131N15O21/c1-55-18-11-10-12-19-56(2)71(114-7)51-64-26-23-60(6)88(113,124-64)82(110)85(111)101-34-15-13-21-68(101)86(112)122-72(52-69(104)57(3)47-59(5)80(109)81(116-9)79(108)58(4)46-55)65(89)48-61-24-27-67(73(49-61)115-8)103-53-63(98-100-103)20-17-22-74(105)93-32-38-120-43-45-121-44-41-118-37-30-76(107)94-33-39-119-42-40-117-36-29-75(106)92-31-14-16-35-102-84-77(83(90)95-54-96-84)78(99-102)62-25-28-70-66(50-62)97-87(91)123-70/h10-12,18-19,25,28,47,50,53-55,57-58,60-61,64-65,67-68,71-73,80-81,109,113H,13-17,20-24,26-27,29-46,48-49,51-52,89H2,1-9H3,(H2,91,97)(H,92,106)(H,93,105)(H,94,107)(H2,90,95,96)/b12-10+,18-11+,56-19+,59-47+/t55-,57-,58-,60-,61+,64+,65-,67+,68+,71+,72+,73-,80-,81+,88-/m1/s1. The zero-order valence-corrected chi connectivity index (χ0v) is 73.4. The number of methoxy groups -OCH3 is 3. The Balaban J connectivity index is 0.626. The van der Waals surface area contributed by atoms with E-state index in [4.69, 9.17) is 74.1 Å². The zero-order valence-electron chi connectivity index (χ0n) is 73.4. The van der Waals surface area contributed by atoms with E-state index in [0.717, 1.165) is 22.5 Å². The molecule has 0 radical (unpaired) electrons. The summed E-state index contributed by atoms with van der Waals surface area (Å²) in [7, 11) is 4.54. The Hall–Kier alpha value is -9.18. The number of carbonyl (C=O) groups excluding carboxylic acids is 8. The van der Waals surface area contributed by atoms with E-state index >= 15 is 0 Å². The number of allylic oxidation sites excluding steroid dienone is 6. The number of nitrogen functional groups attached to an aromatic ring is 2. The van der Waals surface area contributed by atoms with Gasteiger partial charge in [0, 0.05) is 122 Å². The van der Waals surface area contributed by atoms with Gasteiger partial charge in [0.2, 0.25) is 23.5 Å². The summed E-state index contributed by atoms with van der Waals surface area (Å²) in [5, 5.41) is 46.7. The Morgan fingerprint density at radius 2 is 1.42 bits per heavy atom. The van der Waals surface area contributed by atoms with Gasteiger partial charge in [-0.3, -0.25) is 33.6 Å². The highest BCUT2D eigenvalue weighted by Gasteiger charge is 2.53. The molecule has 124 heavy (non-hydrogen) atoms. The fourth-order valence-corrected chi connectivity index (χ4v) is 16.3. The van der Waals surface area contributed by atoms with Gasteiger partial charge >= 0.3 is 5.97 Å². The summed E-state index contributed by atoms with van der Waals surface area (Å²) in [5.74, 6) is -8.63. The molecular weight excluding hydrogens is 1600 g/mol. The lowest BCUT2D eigenvalue weighted by molar-refractivity contribution is -0.265. The molecule has 0 unspecified atom stereocenters. The normalized spacial score (nSPS) is 26.8. The number of hydrogen-bond acceptors (Lipinski definition) is 30. The molecule has 1 saturated carbocycles. The van der Waals surface area contributed by atoms with Crippen molar-refractivity contribution in [2.24, 2.45) is 35.3 Å². The fraction of sp³-hybridized carbons (Fsp3) is 0.659. The number of ketones is 3. The number of nitrogens with two attached hydrogens (primary N) is 3. The fourth-order valence-electron chi connectivity index (χ4n) is 16.3. The number of carbonyl (C=O) groups is 8. The molecule has 5 aromatic rings. The molecule has 684 valence electrons. The number of aliphatic hydroxyl groups excluding tert-OH is 1. The van der Waals surface area contributed by atoms with Gasteiger partial charge in [0.15, 0.2) is 17.0 Å². The number of benzene rings is 1. The molecule has 1 aromatic carbocycles. The number of cyclic esters (lactones) is 1. The highest BCUT2D eigenvalue weighted by Crippen LogP contribution is 2.40. The van der Waals surface area contributed by atoms with Crippen LogP contribution in [0.15, 0.2) is 82.7 Å². The van der Waals surface area contributed by atoms with E-state index in [-0.39, 0.29) is 118 Å². The number of aryl methyl sites for hydroxylation is 2. The predicted molar refractivity (Wildman–Crippen MR) is 459 cm³/mol. The van der Waals surface area contributed by atoms with Gasteiger partial charge in [0.05, 0.1) is 102 Å². The van der Waals surface area contributed by atoms with Crippen molar-refractivity contribution in [2.45, 2.75) is 231 Å². The average Bonchev–Trinajstić information content (AvgIpc) is 1.49. The first-order chi connectivity index (χ1) is 59.7. The highest BCUT2D eigenvalue weighted by molar-refractivity contribution is 6.39. The number of ether oxygens (including phenoxy) is 10. The maximum atomic E-state index is 14.8. The molecule has 4 aliphatic rings. The Kier molecular flexibility index (Phi) is 39.9.